The van der Waals surface area contributed by atoms with Crippen LogP contribution in [0.5, 0.6) is 5.75 Å². The van der Waals surface area contributed by atoms with Gasteiger partial charge in [0.05, 0.1) is 7.11 Å². The fourth-order valence-electron chi connectivity index (χ4n) is 13.3. The number of methoxy groups -OCH3 is 1. The second-order valence-corrected chi connectivity index (χ2v) is 39.8. The third-order valence-electron chi connectivity index (χ3n) is 23.1. The van der Waals surface area contributed by atoms with E-state index in [2.05, 4.69) is 566 Å². The Morgan fingerprint density at radius 1 is 0.252 bits per heavy atom. The van der Waals surface area contributed by atoms with Crippen LogP contribution in [-0.2, 0) is 0 Å². The summed E-state index contributed by atoms with van der Waals surface area (Å²) in [6, 6.07) is 105. The van der Waals surface area contributed by atoms with Gasteiger partial charge in [-0.05, 0) is 261 Å². The summed E-state index contributed by atoms with van der Waals surface area (Å²) in [7, 11) is 26.4. The van der Waals surface area contributed by atoms with Crippen molar-refractivity contribution in [2.24, 2.45) is 0 Å². The number of para-hydroxylation sites is 1. The molecule has 0 aliphatic carbocycles. The Morgan fingerprint density at radius 2 is 0.526 bits per heavy atom. The average Bonchev–Trinajstić information content (AvgIpc) is 0.844. The SMILES string of the molecule is CC(C)c1ccc(N(C)C)cc1.CC(C)c1ccc(N(C)C)cc1.CC(C)c1ccc(N(C)C)cc1.CC(C)c1ccc(N)cc1.CC(C)c1cccc(N(C)C)c1.CC(C)c1ccccc1.CC(C)c1ccccc1N(C)C.CCCN(C)c1ccc(C(C)C)cc1.CNc1ccc(C(C)C)cc1.COc1ccc(C(C)C)cc1.Cc1ccc(C(C)C)cc1.Cc1cccc(C(C)C)c1. The number of benzene rings is 12. The van der Waals surface area contributed by atoms with E-state index in [-0.39, 0.29) is 0 Å². The van der Waals surface area contributed by atoms with Gasteiger partial charge in [-0.25, -0.2) is 0 Å². The first-order valence-electron chi connectivity index (χ1n) is 49.7. The van der Waals surface area contributed by atoms with Crippen molar-refractivity contribution < 1.29 is 4.74 Å². The molecule has 9 nitrogen and oxygen atoms in total. The molecule has 12 aromatic carbocycles. The zero-order valence-corrected chi connectivity index (χ0v) is 92.3. The number of nitrogen functional groups attached to an aromatic ring is 1. The summed E-state index contributed by atoms with van der Waals surface area (Å²) in [5.74, 6) is 8.43. The lowest BCUT2D eigenvalue weighted by Gasteiger charge is -2.19. The van der Waals surface area contributed by atoms with Crippen molar-refractivity contribution in [1.82, 2.24) is 0 Å². The first kappa shape index (κ1) is 122. The number of ether oxygens (including phenoxy) is 1. The number of hydrogen-bond donors (Lipinski definition) is 2. The van der Waals surface area contributed by atoms with E-state index in [1.165, 1.54) is 124 Å². The van der Waals surface area contributed by atoms with Crippen LogP contribution in [0.15, 0.2) is 297 Å². The van der Waals surface area contributed by atoms with Crippen LogP contribution in [0.3, 0.4) is 0 Å². The Kier molecular flexibility index (Phi) is 60.6. The van der Waals surface area contributed by atoms with Gasteiger partial charge in [0.25, 0.3) is 0 Å². The maximum absolute atomic E-state index is 5.53. The summed E-state index contributed by atoms with van der Waals surface area (Å²) in [5.41, 5.74) is 34.7. The molecule has 0 aliphatic heterocycles. The zero-order chi connectivity index (χ0) is 102. The van der Waals surface area contributed by atoms with Crippen molar-refractivity contribution in [3.05, 3.63) is 375 Å². The summed E-state index contributed by atoms with van der Waals surface area (Å²) in [6.07, 6.45) is 1.20. The Balaban J connectivity index is 0.000000737. The quantitative estimate of drug-likeness (QED) is 0.0646. The molecular weight excluding hydrogens is 1640 g/mol. The van der Waals surface area contributed by atoms with E-state index >= 15 is 0 Å². The molecule has 135 heavy (non-hydrogen) atoms. The van der Waals surface area contributed by atoms with Crippen molar-refractivity contribution >= 4 is 45.5 Å². The van der Waals surface area contributed by atoms with E-state index < -0.39 is 0 Å². The van der Waals surface area contributed by atoms with Crippen LogP contribution >= 0.6 is 0 Å². The van der Waals surface area contributed by atoms with Crippen molar-refractivity contribution in [3.63, 3.8) is 0 Å². The van der Waals surface area contributed by atoms with Crippen LogP contribution in [0.1, 0.15) is 328 Å². The van der Waals surface area contributed by atoms with E-state index in [1.54, 1.807) is 7.11 Å². The molecule has 0 aliphatic rings. The van der Waals surface area contributed by atoms with Gasteiger partial charge in [0.2, 0.25) is 0 Å². The lowest BCUT2D eigenvalue weighted by molar-refractivity contribution is 0.414. The molecule has 0 spiro atoms. The fourth-order valence-corrected chi connectivity index (χ4v) is 13.3. The van der Waals surface area contributed by atoms with E-state index in [9.17, 15) is 0 Å². The lowest BCUT2D eigenvalue weighted by atomic mass is 10.0. The van der Waals surface area contributed by atoms with E-state index in [1.807, 2.05) is 37.4 Å². The highest BCUT2D eigenvalue weighted by molar-refractivity contribution is 5.55. The molecule has 0 saturated heterocycles. The minimum absolute atomic E-state index is 0.598. The Morgan fingerprint density at radius 3 is 0.800 bits per heavy atom. The molecule has 0 amide bonds. The zero-order valence-electron chi connectivity index (χ0n) is 92.3. The molecular formula is C126H188N8O. The lowest BCUT2D eigenvalue weighted by Crippen LogP contribution is -2.17. The Hall–Kier alpha value is -11.2. The predicted molar refractivity (Wildman–Crippen MR) is 612 cm³/mol. The highest BCUT2D eigenvalue weighted by atomic mass is 16.5. The largest absolute Gasteiger partial charge is 0.497 e. The van der Waals surface area contributed by atoms with Crippen molar-refractivity contribution in [2.75, 3.05) is 139 Å². The Bertz CT molecular complexity index is 4560. The molecule has 738 valence electrons. The molecule has 0 atom stereocenters. The molecule has 0 unspecified atom stereocenters. The monoisotopic (exact) mass is 1830 g/mol. The van der Waals surface area contributed by atoms with Crippen molar-refractivity contribution in [1.29, 1.82) is 0 Å². The van der Waals surface area contributed by atoms with Crippen molar-refractivity contribution in [3.8, 4) is 5.75 Å². The van der Waals surface area contributed by atoms with Gasteiger partial charge in [0.1, 0.15) is 5.75 Å². The van der Waals surface area contributed by atoms with Crippen LogP contribution < -0.4 is 45.2 Å². The van der Waals surface area contributed by atoms with Gasteiger partial charge >= 0.3 is 0 Å². The number of nitrogens with zero attached hydrogens (tertiary/aromatic N) is 6. The fraction of sp³-hybridized carbons (Fsp3) is 0.429. The van der Waals surface area contributed by atoms with Gasteiger partial charge in [-0.15, -0.1) is 0 Å². The highest BCUT2D eigenvalue weighted by Crippen LogP contribution is 2.29. The summed E-state index contributed by atoms with van der Waals surface area (Å²) in [6.45, 7) is 60.6. The molecule has 9 heteroatoms. The van der Waals surface area contributed by atoms with Gasteiger partial charge < -0.3 is 45.2 Å². The summed E-state index contributed by atoms with van der Waals surface area (Å²) < 4.78 is 5.05. The van der Waals surface area contributed by atoms with Crippen LogP contribution in [0.4, 0.5) is 45.5 Å². The smallest absolute Gasteiger partial charge is 0.118 e. The Labute approximate surface area is 828 Å². The van der Waals surface area contributed by atoms with Gasteiger partial charge in [-0.2, -0.15) is 0 Å². The molecule has 0 fully saturated rings. The van der Waals surface area contributed by atoms with Crippen LogP contribution in [0.25, 0.3) is 0 Å². The molecule has 0 aromatic heterocycles. The molecule has 0 radical (unpaired) electrons. The molecule has 0 saturated carbocycles. The number of hydrogen-bond acceptors (Lipinski definition) is 9. The molecule has 0 bridgehead atoms. The number of nitrogens with two attached hydrogens (primary N) is 1. The van der Waals surface area contributed by atoms with Gasteiger partial charge in [0, 0.05) is 137 Å². The molecule has 12 aromatic rings. The average molecular weight is 1830 g/mol. The number of nitrogens with one attached hydrogen (secondary N) is 1. The predicted octanol–water partition coefficient (Wildman–Crippen LogP) is 35.1. The van der Waals surface area contributed by atoms with Crippen LogP contribution in [0.2, 0.25) is 0 Å². The van der Waals surface area contributed by atoms with E-state index in [0.717, 1.165) is 18.0 Å². The first-order valence-corrected chi connectivity index (χ1v) is 49.7. The number of rotatable bonds is 22. The van der Waals surface area contributed by atoms with Gasteiger partial charge in [-0.1, -0.05) is 378 Å². The molecule has 3 N–H and O–H groups in total. The maximum Gasteiger partial charge on any atom is 0.118 e. The minimum atomic E-state index is 0.598. The topological polar surface area (TPSA) is 66.7 Å². The number of anilines is 8. The van der Waals surface area contributed by atoms with Crippen LogP contribution in [0, 0.1) is 13.8 Å². The van der Waals surface area contributed by atoms with Crippen LogP contribution in [-0.4, -0.2) is 98.2 Å². The summed E-state index contributed by atoms with van der Waals surface area (Å²) in [5, 5.41) is 3.09. The van der Waals surface area contributed by atoms with Gasteiger partial charge in [0.15, 0.2) is 0 Å². The van der Waals surface area contributed by atoms with Crippen molar-refractivity contribution in [2.45, 2.75) is 264 Å². The third-order valence-corrected chi connectivity index (χ3v) is 23.1. The second-order valence-electron chi connectivity index (χ2n) is 39.8. The summed E-state index contributed by atoms with van der Waals surface area (Å²) >= 11 is 0. The molecule has 0 heterocycles. The minimum Gasteiger partial charge on any atom is -0.497 e. The molecule has 12 rings (SSSR count). The standard InChI is InChI=1S/C13H21N.5C11H17N.C10H15N.C10H14O.2C10H14.C9H13N.C9H12/c1-5-10-14(4)13-8-6-12(7-9-13)11(2)3;3*1-9(2)10-5-7-11(8-6-10)12(3)4;1-9(2)10-6-5-7-11(8-10)12(3)4;1-9(2)10-7-5-6-8-11(10)12(3)4;2*1-8(2)9-4-6-10(11-3)7-5-9;1-8(2)10-6-4-9(3)5-7-10;1-8(2)10-6-4-5-9(3)7-10;1-7(2)8-3-5-9(10)6-4-8;1-8(2)9-6-4-3-5-7-9/h6-9,11H,5,10H2,1-4H3;5*5-9H,1-4H3;4-8,11H,1-3H3;4-8H,1-3H3;2*4-8H,1-3H3;3-7H,10H2,1-2H3;3-8H,1-2H3. The first-order chi connectivity index (χ1) is 63.6. The summed E-state index contributed by atoms with van der Waals surface area (Å²) in [4.78, 5) is 12.9. The number of aryl methyl sites for hydroxylation is 2. The third kappa shape index (κ3) is 51.4. The van der Waals surface area contributed by atoms with E-state index in [4.69, 9.17) is 10.5 Å². The second kappa shape index (κ2) is 67.1. The highest BCUT2D eigenvalue weighted by Gasteiger charge is 2.10. The maximum atomic E-state index is 5.53. The van der Waals surface area contributed by atoms with E-state index in [0.29, 0.717) is 71.0 Å². The van der Waals surface area contributed by atoms with Gasteiger partial charge in [-0.3, -0.25) is 0 Å². The normalized spacial score (nSPS) is 10.4.